The van der Waals surface area contributed by atoms with Crippen LogP contribution in [0.2, 0.25) is 0 Å². The molecule has 1 aromatic carbocycles. The SMILES string of the molecule is COCCNC1CCc2c(F)cc(Br)cc21. The Bertz CT molecular complexity index is 384. The van der Waals surface area contributed by atoms with Crippen molar-refractivity contribution in [1.82, 2.24) is 5.32 Å². The largest absolute Gasteiger partial charge is 0.383 e. The van der Waals surface area contributed by atoms with Gasteiger partial charge >= 0.3 is 0 Å². The summed E-state index contributed by atoms with van der Waals surface area (Å²) in [5, 5.41) is 3.38. The van der Waals surface area contributed by atoms with Crippen LogP contribution in [-0.4, -0.2) is 20.3 Å². The fraction of sp³-hybridized carbons (Fsp3) is 0.500. The van der Waals surface area contributed by atoms with Gasteiger partial charge in [-0.2, -0.15) is 0 Å². The standard InChI is InChI=1S/C12H15BrFNO/c1-16-5-4-15-12-3-2-9-10(12)6-8(13)7-11(9)14/h6-7,12,15H,2-5H2,1H3. The normalized spacial score (nSPS) is 18.8. The van der Waals surface area contributed by atoms with Crippen molar-refractivity contribution in [3.63, 3.8) is 0 Å². The summed E-state index contributed by atoms with van der Waals surface area (Å²) in [5.74, 6) is -0.0968. The summed E-state index contributed by atoms with van der Waals surface area (Å²) < 4.78 is 19.4. The first-order valence-corrected chi connectivity index (χ1v) is 6.22. The Kier molecular flexibility index (Phi) is 3.95. The second kappa shape index (κ2) is 5.25. The van der Waals surface area contributed by atoms with Gasteiger partial charge in [0.25, 0.3) is 0 Å². The predicted molar refractivity (Wildman–Crippen MR) is 65.0 cm³/mol. The molecule has 1 aliphatic rings. The highest BCUT2D eigenvalue weighted by Gasteiger charge is 2.24. The summed E-state index contributed by atoms with van der Waals surface area (Å²) in [4.78, 5) is 0. The lowest BCUT2D eigenvalue weighted by atomic mass is 10.1. The topological polar surface area (TPSA) is 21.3 Å². The molecular weight excluding hydrogens is 273 g/mol. The molecule has 0 aliphatic heterocycles. The van der Waals surface area contributed by atoms with Gasteiger partial charge in [-0.3, -0.25) is 0 Å². The average molecular weight is 288 g/mol. The summed E-state index contributed by atoms with van der Waals surface area (Å²) in [6.45, 7) is 1.48. The Balaban J connectivity index is 2.12. The smallest absolute Gasteiger partial charge is 0.127 e. The van der Waals surface area contributed by atoms with Crippen LogP contribution in [-0.2, 0) is 11.2 Å². The molecule has 1 N–H and O–H groups in total. The van der Waals surface area contributed by atoms with E-state index >= 15 is 0 Å². The van der Waals surface area contributed by atoms with Crippen LogP contribution in [0.5, 0.6) is 0 Å². The van der Waals surface area contributed by atoms with Gasteiger partial charge in [0.15, 0.2) is 0 Å². The minimum Gasteiger partial charge on any atom is -0.383 e. The zero-order valence-electron chi connectivity index (χ0n) is 9.22. The number of benzene rings is 1. The number of hydrogen-bond acceptors (Lipinski definition) is 2. The number of ether oxygens (including phenoxy) is 1. The molecule has 0 fully saturated rings. The monoisotopic (exact) mass is 287 g/mol. The summed E-state index contributed by atoms with van der Waals surface area (Å²) >= 11 is 3.33. The van der Waals surface area contributed by atoms with Crippen LogP contribution in [0.25, 0.3) is 0 Å². The lowest BCUT2D eigenvalue weighted by Crippen LogP contribution is -2.23. The molecule has 1 aromatic rings. The third-order valence-electron chi connectivity index (χ3n) is 2.95. The van der Waals surface area contributed by atoms with E-state index in [1.807, 2.05) is 6.07 Å². The number of halogens is 2. The maximum atomic E-state index is 13.6. The van der Waals surface area contributed by atoms with Gasteiger partial charge in [-0.25, -0.2) is 4.39 Å². The van der Waals surface area contributed by atoms with E-state index in [1.165, 1.54) is 6.07 Å². The first-order chi connectivity index (χ1) is 7.72. The molecule has 0 radical (unpaired) electrons. The van der Waals surface area contributed by atoms with Crippen LogP contribution in [0.15, 0.2) is 16.6 Å². The van der Waals surface area contributed by atoms with E-state index in [-0.39, 0.29) is 11.9 Å². The highest BCUT2D eigenvalue weighted by Crippen LogP contribution is 2.34. The molecular formula is C12H15BrFNO. The van der Waals surface area contributed by atoms with Crippen LogP contribution in [0.1, 0.15) is 23.6 Å². The molecule has 2 rings (SSSR count). The van der Waals surface area contributed by atoms with Crippen molar-refractivity contribution in [3.8, 4) is 0 Å². The molecule has 1 atom stereocenters. The Morgan fingerprint density at radius 2 is 2.38 bits per heavy atom. The molecule has 0 saturated heterocycles. The Labute approximate surface area is 103 Å². The lowest BCUT2D eigenvalue weighted by Gasteiger charge is -2.14. The summed E-state index contributed by atoms with van der Waals surface area (Å²) in [5.41, 5.74) is 1.95. The summed E-state index contributed by atoms with van der Waals surface area (Å²) in [6.07, 6.45) is 1.78. The maximum absolute atomic E-state index is 13.6. The number of nitrogens with one attached hydrogen (secondary N) is 1. The maximum Gasteiger partial charge on any atom is 0.127 e. The minimum atomic E-state index is -0.0968. The van der Waals surface area contributed by atoms with Crippen molar-refractivity contribution in [2.45, 2.75) is 18.9 Å². The Morgan fingerprint density at radius 1 is 1.56 bits per heavy atom. The van der Waals surface area contributed by atoms with Gasteiger partial charge < -0.3 is 10.1 Å². The van der Waals surface area contributed by atoms with Crippen molar-refractivity contribution in [2.24, 2.45) is 0 Å². The van der Waals surface area contributed by atoms with E-state index in [0.29, 0.717) is 6.61 Å². The van der Waals surface area contributed by atoms with E-state index < -0.39 is 0 Å². The fourth-order valence-corrected chi connectivity index (χ4v) is 2.64. The van der Waals surface area contributed by atoms with Crippen molar-refractivity contribution in [1.29, 1.82) is 0 Å². The average Bonchev–Trinajstić information content (AvgIpc) is 2.62. The van der Waals surface area contributed by atoms with Gasteiger partial charge in [0.1, 0.15) is 5.82 Å². The quantitative estimate of drug-likeness (QED) is 0.860. The summed E-state index contributed by atoms with van der Waals surface area (Å²) in [7, 11) is 1.68. The van der Waals surface area contributed by atoms with Gasteiger partial charge in [-0.05, 0) is 36.1 Å². The van der Waals surface area contributed by atoms with Gasteiger partial charge in [0.2, 0.25) is 0 Å². The van der Waals surface area contributed by atoms with Crippen LogP contribution in [0, 0.1) is 5.82 Å². The highest BCUT2D eigenvalue weighted by molar-refractivity contribution is 9.10. The molecule has 0 bridgehead atoms. The second-order valence-corrected chi connectivity index (χ2v) is 4.91. The number of methoxy groups -OCH3 is 1. The number of rotatable bonds is 4. The van der Waals surface area contributed by atoms with Gasteiger partial charge in [-0.15, -0.1) is 0 Å². The molecule has 0 spiro atoms. The molecule has 0 saturated carbocycles. The van der Waals surface area contributed by atoms with E-state index in [9.17, 15) is 4.39 Å². The highest BCUT2D eigenvalue weighted by atomic mass is 79.9. The van der Waals surface area contributed by atoms with Gasteiger partial charge in [0, 0.05) is 24.2 Å². The van der Waals surface area contributed by atoms with Gasteiger partial charge in [-0.1, -0.05) is 15.9 Å². The fourth-order valence-electron chi connectivity index (χ4n) is 2.19. The molecule has 1 aliphatic carbocycles. The van der Waals surface area contributed by atoms with Crippen LogP contribution >= 0.6 is 15.9 Å². The Morgan fingerprint density at radius 3 is 3.12 bits per heavy atom. The predicted octanol–water partition coefficient (Wildman–Crippen LogP) is 2.81. The first kappa shape index (κ1) is 12.0. The molecule has 1 unspecified atom stereocenters. The van der Waals surface area contributed by atoms with Crippen molar-refractivity contribution in [2.75, 3.05) is 20.3 Å². The Hall–Kier alpha value is -0.450. The van der Waals surface area contributed by atoms with Crippen LogP contribution < -0.4 is 5.32 Å². The third kappa shape index (κ3) is 2.44. The molecule has 88 valence electrons. The molecule has 4 heteroatoms. The third-order valence-corrected chi connectivity index (χ3v) is 3.41. The van der Waals surface area contributed by atoms with Crippen LogP contribution in [0.3, 0.4) is 0 Å². The molecule has 0 aromatic heterocycles. The first-order valence-electron chi connectivity index (χ1n) is 5.42. The van der Waals surface area contributed by atoms with E-state index in [2.05, 4.69) is 21.2 Å². The summed E-state index contributed by atoms with van der Waals surface area (Å²) in [6, 6.07) is 3.81. The second-order valence-electron chi connectivity index (χ2n) is 3.99. The number of hydrogen-bond donors (Lipinski definition) is 1. The molecule has 2 nitrogen and oxygen atoms in total. The molecule has 0 amide bonds. The van der Waals surface area contributed by atoms with Crippen molar-refractivity contribution < 1.29 is 9.13 Å². The van der Waals surface area contributed by atoms with E-state index in [4.69, 9.17) is 4.74 Å². The van der Waals surface area contributed by atoms with Crippen LogP contribution in [0.4, 0.5) is 4.39 Å². The lowest BCUT2D eigenvalue weighted by molar-refractivity contribution is 0.195. The van der Waals surface area contributed by atoms with E-state index in [1.54, 1.807) is 7.11 Å². The molecule has 0 heterocycles. The zero-order chi connectivity index (χ0) is 11.5. The van der Waals surface area contributed by atoms with Crippen molar-refractivity contribution >= 4 is 15.9 Å². The van der Waals surface area contributed by atoms with Crippen molar-refractivity contribution in [3.05, 3.63) is 33.5 Å². The van der Waals surface area contributed by atoms with E-state index in [0.717, 1.165) is 35.0 Å². The van der Waals surface area contributed by atoms with Gasteiger partial charge in [0.05, 0.1) is 6.61 Å². The minimum absolute atomic E-state index is 0.0968. The zero-order valence-corrected chi connectivity index (χ0v) is 10.8. The molecule has 16 heavy (non-hydrogen) atoms. The number of fused-ring (bicyclic) bond motifs is 1.